The van der Waals surface area contributed by atoms with E-state index in [0.29, 0.717) is 17.8 Å². The average Bonchev–Trinajstić information content (AvgIpc) is 3.47. The van der Waals surface area contributed by atoms with E-state index in [4.69, 9.17) is 11.2 Å². The zero-order valence-corrected chi connectivity index (χ0v) is 20.6. The second-order valence-corrected chi connectivity index (χ2v) is 10.7. The largest absolute Gasteiger partial charge is 0.393 e. The Morgan fingerprint density at radius 1 is 1.25 bits per heavy atom. The van der Waals surface area contributed by atoms with Crippen LogP contribution in [0, 0.1) is 17.8 Å². The molecule has 1 aromatic carbocycles. The van der Waals surface area contributed by atoms with Crippen LogP contribution in [0.15, 0.2) is 48.7 Å². The second kappa shape index (κ2) is 8.90. The standard InChI is InChI=1S/C29H31N3O4/c1-4-22-16-30-25(31-22)26(35)32-24-6-5-20(13-23(24)19-7-9-27(2,3)10-8-19)21-14-28(17-33)11-12-29(15-21,18-34)36-28/h1,5-7,11-14,16,33-34H,8-10,15,17-18H2,2-3H3,(H,30,31)(H,32,35)/t28-,29+/m1/s1. The Morgan fingerprint density at radius 2 is 2.08 bits per heavy atom. The Balaban J connectivity index is 1.53. The van der Waals surface area contributed by atoms with Crippen molar-refractivity contribution in [2.45, 2.75) is 50.7 Å². The number of carbonyl (C=O) groups excluding carboxylic acids is 1. The van der Waals surface area contributed by atoms with Crippen molar-refractivity contribution in [3.05, 3.63) is 71.3 Å². The van der Waals surface area contributed by atoms with Gasteiger partial charge in [-0.1, -0.05) is 32.1 Å². The number of rotatable bonds is 6. The Hall–Kier alpha value is -3.44. The number of aromatic nitrogens is 2. The number of carbonyl (C=O) groups is 1. The summed E-state index contributed by atoms with van der Waals surface area (Å²) in [5.74, 6) is 2.21. The molecule has 5 rings (SSSR count). The Labute approximate surface area is 211 Å². The quantitative estimate of drug-likeness (QED) is 0.364. The number of fused-ring (bicyclic) bond motifs is 2. The van der Waals surface area contributed by atoms with Crippen molar-refractivity contribution >= 4 is 22.7 Å². The van der Waals surface area contributed by atoms with Crippen LogP contribution < -0.4 is 5.32 Å². The highest BCUT2D eigenvalue weighted by Gasteiger charge is 2.47. The molecule has 0 unspecified atom stereocenters. The van der Waals surface area contributed by atoms with E-state index in [-0.39, 0.29) is 30.4 Å². The number of nitrogens with one attached hydrogen (secondary N) is 2. The van der Waals surface area contributed by atoms with Crippen LogP contribution in [0.3, 0.4) is 0 Å². The topological polar surface area (TPSA) is 107 Å². The number of amides is 1. The molecule has 1 aliphatic carbocycles. The number of aliphatic hydroxyl groups excluding tert-OH is 2. The van der Waals surface area contributed by atoms with Crippen molar-refractivity contribution in [2.75, 3.05) is 18.5 Å². The van der Waals surface area contributed by atoms with E-state index >= 15 is 0 Å². The predicted molar refractivity (Wildman–Crippen MR) is 139 cm³/mol. The third-order valence-corrected chi connectivity index (χ3v) is 7.38. The number of H-pyrrole nitrogens is 1. The molecule has 2 aromatic rings. The first-order chi connectivity index (χ1) is 17.2. The third kappa shape index (κ3) is 4.44. The number of benzene rings is 1. The van der Waals surface area contributed by atoms with Crippen LogP contribution in [-0.2, 0) is 4.74 Å². The molecule has 2 bridgehead atoms. The number of ether oxygens (including phenoxy) is 1. The number of hydrogen-bond donors (Lipinski definition) is 4. The Kier molecular flexibility index (Phi) is 6.00. The van der Waals surface area contributed by atoms with E-state index < -0.39 is 11.2 Å². The van der Waals surface area contributed by atoms with Gasteiger partial charge in [0.15, 0.2) is 5.82 Å². The molecule has 4 N–H and O–H groups in total. The summed E-state index contributed by atoms with van der Waals surface area (Å²) in [6.07, 6.45) is 18.2. The molecule has 0 saturated carbocycles. The van der Waals surface area contributed by atoms with E-state index in [2.05, 4.69) is 47.2 Å². The highest BCUT2D eigenvalue weighted by Crippen LogP contribution is 2.46. The molecule has 0 radical (unpaired) electrons. The van der Waals surface area contributed by atoms with E-state index in [0.717, 1.165) is 36.0 Å². The molecule has 0 saturated heterocycles. The SMILES string of the molecule is C#Cc1c[nH]c(C(=O)Nc2ccc(C3=C[C@@]4(CO)C=C[C@@](CO)(C3)O4)cc2C2=CCC(C)(C)CC2)n1. The molecule has 36 heavy (non-hydrogen) atoms. The number of anilines is 1. The predicted octanol–water partition coefficient (Wildman–Crippen LogP) is 4.07. The molecule has 186 valence electrons. The van der Waals surface area contributed by atoms with E-state index in [1.165, 1.54) is 11.8 Å². The van der Waals surface area contributed by atoms with Crippen molar-refractivity contribution in [2.24, 2.45) is 5.41 Å². The van der Waals surface area contributed by atoms with Gasteiger partial charge < -0.3 is 25.3 Å². The molecule has 3 aliphatic rings. The summed E-state index contributed by atoms with van der Waals surface area (Å²) in [7, 11) is 0. The number of allylic oxidation sites excluding steroid dienone is 2. The van der Waals surface area contributed by atoms with Gasteiger partial charge in [-0.3, -0.25) is 4.79 Å². The van der Waals surface area contributed by atoms with Crippen molar-refractivity contribution in [1.29, 1.82) is 0 Å². The van der Waals surface area contributed by atoms with Gasteiger partial charge in [-0.25, -0.2) is 4.98 Å². The van der Waals surface area contributed by atoms with Gasteiger partial charge in [0.05, 0.1) is 13.2 Å². The fraction of sp³-hybridized carbons (Fsp3) is 0.379. The normalized spacial score (nSPS) is 26.2. The fourth-order valence-corrected chi connectivity index (χ4v) is 5.17. The summed E-state index contributed by atoms with van der Waals surface area (Å²) in [6.45, 7) is 4.14. The van der Waals surface area contributed by atoms with E-state index in [9.17, 15) is 15.0 Å². The average molecular weight is 486 g/mol. The zero-order valence-electron chi connectivity index (χ0n) is 20.6. The lowest BCUT2D eigenvalue weighted by atomic mass is 9.76. The van der Waals surface area contributed by atoms with Gasteiger partial charge >= 0.3 is 0 Å². The van der Waals surface area contributed by atoms with Gasteiger partial charge in [0.25, 0.3) is 5.91 Å². The number of hydrogen-bond acceptors (Lipinski definition) is 5. The molecular weight excluding hydrogens is 454 g/mol. The molecule has 2 aliphatic heterocycles. The minimum Gasteiger partial charge on any atom is -0.393 e. The smallest absolute Gasteiger partial charge is 0.291 e. The van der Waals surface area contributed by atoms with Gasteiger partial charge in [-0.05, 0) is 71.6 Å². The van der Waals surface area contributed by atoms with Crippen molar-refractivity contribution in [1.82, 2.24) is 9.97 Å². The summed E-state index contributed by atoms with van der Waals surface area (Å²) in [5.41, 5.74) is 3.59. The second-order valence-electron chi connectivity index (χ2n) is 10.7. The number of aromatic amines is 1. The molecule has 1 aromatic heterocycles. The molecule has 1 amide bonds. The molecule has 3 heterocycles. The molecular formula is C29H31N3O4. The first-order valence-electron chi connectivity index (χ1n) is 12.2. The van der Waals surface area contributed by atoms with Gasteiger partial charge in [0.1, 0.15) is 16.9 Å². The van der Waals surface area contributed by atoms with Gasteiger partial charge in [-0.15, -0.1) is 6.42 Å². The fourth-order valence-electron chi connectivity index (χ4n) is 5.17. The highest BCUT2D eigenvalue weighted by molar-refractivity contribution is 6.03. The summed E-state index contributed by atoms with van der Waals surface area (Å²) in [6, 6.07) is 5.94. The third-order valence-electron chi connectivity index (χ3n) is 7.38. The summed E-state index contributed by atoms with van der Waals surface area (Å²) in [4.78, 5) is 19.9. The number of aliphatic hydroxyl groups is 2. The number of nitrogens with zero attached hydrogens (tertiary/aromatic N) is 1. The Bertz CT molecular complexity index is 1340. The van der Waals surface area contributed by atoms with Crippen molar-refractivity contribution in [3.8, 4) is 12.3 Å². The molecule has 0 fully saturated rings. The number of terminal acetylenes is 1. The van der Waals surface area contributed by atoms with E-state index in [1.807, 2.05) is 30.4 Å². The van der Waals surface area contributed by atoms with Crippen LogP contribution in [0.2, 0.25) is 0 Å². The van der Waals surface area contributed by atoms with Crippen LogP contribution in [-0.4, -0.2) is 50.5 Å². The first-order valence-corrected chi connectivity index (χ1v) is 12.2. The van der Waals surface area contributed by atoms with Crippen molar-refractivity contribution in [3.63, 3.8) is 0 Å². The molecule has 2 atom stereocenters. The van der Waals surface area contributed by atoms with Gasteiger partial charge in [0, 0.05) is 23.9 Å². The Morgan fingerprint density at radius 3 is 2.75 bits per heavy atom. The highest BCUT2D eigenvalue weighted by atomic mass is 16.5. The lowest BCUT2D eigenvalue weighted by molar-refractivity contribution is -0.109. The first kappa shape index (κ1) is 24.3. The summed E-state index contributed by atoms with van der Waals surface area (Å²) >= 11 is 0. The van der Waals surface area contributed by atoms with Gasteiger partial charge in [-0.2, -0.15) is 0 Å². The van der Waals surface area contributed by atoms with Crippen LogP contribution in [0.4, 0.5) is 5.69 Å². The maximum absolute atomic E-state index is 12.9. The summed E-state index contributed by atoms with van der Waals surface area (Å²) in [5, 5.41) is 23.1. The van der Waals surface area contributed by atoms with E-state index in [1.54, 1.807) is 0 Å². The monoisotopic (exact) mass is 485 g/mol. The zero-order chi connectivity index (χ0) is 25.6. The lowest BCUT2D eigenvalue weighted by Crippen LogP contribution is -2.44. The van der Waals surface area contributed by atoms with Crippen LogP contribution in [0.1, 0.15) is 67.0 Å². The van der Waals surface area contributed by atoms with Crippen LogP contribution >= 0.6 is 0 Å². The van der Waals surface area contributed by atoms with Crippen LogP contribution in [0.5, 0.6) is 0 Å². The number of imidazole rings is 1. The summed E-state index contributed by atoms with van der Waals surface area (Å²) < 4.78 is 6.05. The maximum Gasteiger partial charge on any atom is 0.291 e. The molecule has 0 spiro atoms. The van der Waals surface area contributed by atoms with Crippen LogP contribution in [0.25, 0.3) is 11.1 Å². The molecule has 7 nitrogen and oxygen atoms in total. The van der Waals surface area contributed by atoms with Crippen molar-refractivity contribution < 1.29 is 19.7 Å². The molecule has 7 heteroatoms. The minimum absolute atomic E-state index is 0.154. The lowest BCUT2D eigenvalue weighted by Gasteiger charge is -2.38. The maximum atomic E-state index is 12.9. The van der Waals surface area contributed by atoms with Gasteiger partial charge in [0.2, 0.25) is 0 Å². The minimum atomic E-state index is -0.939.